The number of aliphatic hydroxyl groups is 1. The fourth-order valence-corrected chi connectivity index (χ4v) is 2.20. The minimum Gasteiger partial charge on any atom is -0.396 e. The average molecular weight is 357 g/mol. The maximum Gasteiger partial charge on any atom is 0.471 e. The number of aromatic nitrogens is 2. The van der Waals surface area contributed by atoms with E-state index in [1.54, 1.807) is 7.05 Å². The van der Waals surface area contributed by atoms with Crippen LogP contribution in [-0.2, 0) is 6.18 Å². The van der Waals surface area contributed by atoms with Crippen molar-refractivity contribution in [2.45, 2.75) is 20.0 Å². The van der Waals surface area contributed by atoms with Crippen LogP contribution < -0.4 is 0 Å². The first-order valence-electron chi connectivity index (χ1n) is 7.41. The van der Waals surface area contributed by atoms with Crippen LogP contribution >= 0.6 is 0 Å². The number of amides is 1. The molecule has 0 aliphatic heterocycles. The quantitative estimate of drug-likeness (QED) is 0.890. The molecule has 1 heterocycles. The Balaban J connectivity index is 2.14. The molecule has 0 radical (unpaired) electrons. The van der Waals surface area contributed by atoms with E-state index in [1.165, 1.54) is 29.2 Å². The van der Waals surface area contributed by atoms with E-state index >= 15 is 0 Å². The van der Waals surface area contributed by atoms with E-state index in [4.69, 9.17) is 0 Å². The summed E-state index contributed by atoms with van der Waals surface area (Å²) >= 11 is 0. The molecule has 25 heavy (non-hydrogen) atoms. The summed E-state index contributed by atoms with van der Waals surface area (Å²) in [5, 5.41) is 12.6. The smallest absolute Gasteiger partial charge is 0.396 e. The standard InChI is InChI=1S/C16H18F3N3O3/c1-15(2,9-23)8-22(3)13(24)11-6-4-10(5-7-11)12-20-14(25-21-12)16(17,18)19/h4-7,23H,8-9H2,1-3H3. The second-order valence-corrected chi connectivity index (χ2v) is 6.48. The number of hydrogen-bond acceptors (Lipinski definition) is 5. The highest BCUT2D eigenvalue weighted by Gasteiger charge is 2.38. The first-order chi connectivity index (χ1) is 11.5. The van der Waals surface area contributed by atoms with Gasteiger partial charge in [-0.1, -0.05) is 31.1 Å². The number of rotatable bonds is 5. The van der Waals surface area contributed by atoms with Crippen LogP contribution in [0.15, 0.2) is 28.8 Å². The first-order valence-corrected chi connectivity index (χ1v) is 7.41. The third-order valence-electron chi connectivity index (χ3n) is 3.50. The van der Waals surface area contributed by atoms with E-state index < -0.39 is 17.5 Å². The highest BCUT2D eigenvalue weighted by molar-refractivity contribution is 5.94. The van der Waals surface area contributed by atoms with E-state index in [9.17, 15) is 23.1 Å². The number of nitrogens with zero attached hydrogens (tertiary/aromatic N) is 3. The molecule has 0 fully saturated rings. The molecule has 0 atom stereocenters. The Bertz CT molecular complexity index is 739. The van der Waals surface area contributed by atoms with Gasteiger partial charge in [0.05, 0.1) is 0 Å². The molecule has 0 saturated carbocycles. The number of alkyl halides is 3. The third kappa shape index (κ3) is 4.56. The molecule has 0 aliphatic rings. The van der Waals surface area contributed by atoms with Crippen LogP contribution in [0.5, 0.6) is 0 Å². The maximum absolute atomic E-state index is 12.5. The summed E-state index contributed by atoms with van der Waals surface area (Å²) in [5.41, 5.74) is 0.219. The van der Waals surface area contributed by atoms with Gasteiger partial charge < -0.3 is 14.5 Å². The monoisotopic (exact) mass is 357 g/mol. The van der Waals surface area contributed by atoms with Crippen LogP contribution in [-0.4, -0.2) is 46.3 Å². The van der Waals surface area contributed by atoms with Crippen molar-refractivity contribution in [3.8, 4) is 11.4 Å². The van der Waals surface area contributed by atoms with Crippen LogP contribution in [0.25, 0.3) is 11.4 Å². The largest absolute Gasteiger partial charge is 0.471 e. The van der Waals surface area contributed by atoms with Crippen LogP contribution in [0.1, 0.15) is 30.1 Å². The zero-order valence-corrected chi connectivity index (χ0v) is 14.0. The summed E-state index contributed by atoms with van der Waals surface area (Å²) in [6.45, 7) is 3.94. The van der Waals surface area contributed by atoms with Gasteiger partial charge in [0.25, 0.3) is 5.91 Å². The van der Waals surface area contributed by atoms with E-state index in [0.717, 1.165) is 0 Å². The number of aliphatic hydroxyl groups excluding tert-OH is 1. The lowest BCUT2D eigenvalue weighted by Crippen LogP contribution is -2.37. The van der Waals surface area contributed by atoms with Crippen LogP contribution in [0.2, 0.25) is 0 Å². The average Bonchev–Trinajstić information content (AvgIpc) is 3.04. The molecule has 9 heteroatoms. The second kappa shape index (κ2) is 6.83. The summed E-state index contributed by atoms with van der Waals surface area (Å²) in [5.74, 6) is -1.90. The van der Waals surface area contributed by atoms with Crippen molar-refractivity contribution >= 4 is 5.91 Å². The van der Waals surface area contributed by atoms with Gasteiger partial charge in [-0.15, -0.1) is 0 Å². The zero-order chi connectivity index (χ0) is 18.8. The Morgan fingerprint density at radius 1 is 1.24 bits per heavy atom. The van der Waals surface area contributed by atoms with Crippen molar-refractivity contribution < 1.29 is 27.6 Å². The number of carbonyl (C=O) groups excluding carboxylic acids is 1. The van der Waals surface area contributed by atoms with Gasteiger partial charge in [-0.3, -0.25) is 4.79 Å². The molecule has 1 N–H and O–H groups in total. The van der Waals surface area contributed by atoms with Crippen molar-refractivity contribution in [3.05, 3.63) is 35.7 Å². The molecule has 0 aliphatic carbocycles. The predicted octanol–water partition coefficient (Wildman–Crippen LogP) is 2.85. The van der Waals surface area contributed by atoms with Gasteiger partial charge in [-0.05, 0) is 12.1 Å². The van der Waals surface area contributed by atoms with Crippen molar-refractivity contribution in [1.29, 1.82) is 0 Å². The highest BCUT2D eigenvalue weighted by Crippen LogP contribution is 2.29. The van der Waals surface area contributed by atoms with Crippen molar-refractivity contribution in [3.63, 3.8) is 0 Å². The lowest BCUT2D eigenvalue weighted by atomic mass is 9.94. The molecule has 2 rings (SSSR count). The van der Waals surface area contributed by atoms with Gasteiger partial charge in [0.2, 0.25) is 5.82 Å². The second-order valence-electron chi connectivity index (χ2n) is 6.48. The number of hydrogen-bond donors (Lipinski definition) is 1. The molecule has 0 spiro atoms. The van der Waals surface area contributed by atoms with Crippen molar-refractivity contribution in [2.24, 2.45) is 5.41 Å². The molecule has 1 aromatic carbocycles. The number of benzene rings is 1. The summed E-state index contributed by atoms with van der Waals surface area (Å²) in [4.78, 5) is 17.1. The van der Waals surface area contributed by atoms with Crippen molar-refractivity contribution in [2.75, 3.05) is 20.2 Å². The molecule has 2 aromatic rings. The van der Waals surface area contributed by atoms with Crippen LogP contribution in [0, 0.1) is 5.41 Å². The van der Waals surface area contributed by atoms with E-state index in [0.29, 0.717) is 17.7 Å². The number of carbonyl (C=O) groups is 1. The summed E-state index contributed by atoms with van der Waals surface area (Å²) in [7, 11) is 1.61. The Morgan fingerprint density at radius 3 is 2.32 bits per heavy atom. The molecule has 136 valence electrons. The summed E-state index contributed by atoms with van der Waals surface area (Å²) in [6, 6.07) is 5.85. The molecular weight excluding hydrogens is 339 g/mol. The Hall–Kier alpha value is -2.42. The van der Waals surface area contributed by atoms with Gasteiger partial charge in [0.15, 0.2) is 0 Å². The zero-order valence-electron chi connectivity index (χ0n) is 14.0. The first kappa shape index (κ1) is 18.9. The van der Waals surface area contributed by atoms with E-state index in [1.807, 2.05) is 13.8 Å². The SMILES string of the molecule is CN(CC(C)(C)CO)C(=O)c1ccc(-c2noc(C(F)(F)F)n2)cc1. The van der Waals surface area contributed by atoms with Gasteiger partial charge in [-0.25, -0.2) is 0 Å². The lowest BCUT2D eigenvalue weighted by Gasteiger charge is -2.28. The molecule has 6 nitrogen and oxygen atoms in total. The van der Waals surface area contributed by atoms with Crippen LogP contribution in [0.3, 0.4) is 0 Å². The van der Waals surface area contributed by atoms with E-state index in [-0.39, 0.29) is 18.3 Å². The van der Waals surface area contributed by atoms with Gasteiger partial charge in [0.1, 0.15) is 0 Å². The Kier molecular flexibility index (Phi) is 5.17. The van der Waals surface area contributed by atoms with Crippen molar-refractivity contribution in [1.82, 2.24) is 15.0 Å². The maximum atomic E-state index is 12.5. The number of halogens is 3. The van der Waals surface area contributed by atoms with E-state index in [2.05, 4.69) is 14.7 Å². The molecule has 0 unspecified atom stereocenters. The topological polar surface area (TPSA) is 79.5 Å². The Morgan fingerprint density at radius 2 is 1.84 bits per heavy atom. The fraction of sp³-hybridized carbons (Fsp3) is 0.438. The molecule has 1 aromatic heterocycles. The fourth-order valence-electron chi connectivity index (χ4n) is 2.20. The van der Waals surface area contributed by atoms with Gasteiger partial charge in [0, 0.05) is 36.7 Å². The summed E-state index contributed by atoms with van der Waals surface area (Å²) < 4.78 is 41.6. The molecule has 1 amide bonds. The minimum absolute atomic E-state index is 0.0665. The molecular formula is C16H18F3N3O3. The Labute approximate surface area is 142 Å². The normalized spacial score (nSPS) is 12.3. The highest BCUT2D eigenvalue weighted by atomic mass is 19.4. The molecule has 0 saturated heterocycles. The van der Waals surface area contributed by atoms with Gasteiger partial charge in [-0.2, -0.15) is 18.2 Å². The third-order valence-corrected chi connectivity index (χ3v) is 3.50. The molecule has 0 bridgehead atoms. The summed E-state index contributed by atoms with van der Waals surface area (Å²) in [6.07, 6.45) is -4.70. The minimum atomic E-state index is -4.70. The lowest BCUT2D eigenvalue weighted by molar-refractivity contribution is -0.159. The van der Waals surface area contributed by atoms with Crippen LogP contribution in [0.4, 0.5) is 13.2 Å². The van der Waals surface area contributed by atoms with Gasteiger partial charge >= 0.3 is 12.1 Å². The predicted molar refractivity (Wildman–Crippen MR) is 82.6 cm³/mol.